The molecule has 0 unspecified atom stereocenters. The molecule has 1 N–H and O–H groups in total. The van der Waals surface area contributed by atoms with Crippen molar-refractivity contribution < 1.29 is 0 Å². The number of rotatable bonds is 3. The molecule has 4 heteroatoms. The molecule has 0 saturated carbocycles. The number of anilines is 1. The average Bonchev–Trinajstić information content (AvgIpc) is 2.48. The van der Waals surface area contributed by atoms with Gasteiger partial charge in [-0.15, -0.1) is 0 Å². The fourth-order valence-corrected chi connectivity index (χ4v) is 2.56. The molecule has 1 heterocycles. The standard InChI is InChI=1S/C16H12BrClN2/c17-14-5-4-11(8-15(14)18)9-20-16-3-1-2-12-6-7-19-10-13(12)16/h1-8,10,20H,9H2. The second kappa shape index (κ2) is 5.81. The van der Waals surface area contributed by atoms with E-state index in [2.05, 4.69) is 38.4 Å². The Labute approximate surface area is 130 Å². The van der Waals surface area contributed by atoms with Gasteiger partial charge in [0.15, 0.2) is 0 Å². The SMILES string of the molecule is Clc1cc(CNc2cccc3ccncc23)ccc1Br. The molecule has 0 radical (unpaired) electrons. The van der Waals surface area contributed by atoms with E-state index in [1.807, 2.05) is 36.5 Å². The molecule has 3 rings (SSSR count). The second-order valence-corrected chi connectivity index (χ2v) is 5.77. The number of pyridine rings is 1. The van der Waals surface area contributed by atoms with Crippen molar-refractivity contribution in [1.29, 1.82) is 0 Å². The van der Waals surface area contributed by atoms with Crippen LogP contribution in [0.15, 0.2) is 59.3 Å². The van der Waals surface area contributed by atoms with Crippen LogP contribution in [0.5, 0.6) is 0 Å². The molecule has 0 saturated heterocycles. The summed E-state index contributed by atoms with van der Waals surface area (Å²) in [5.41, 5.74) is 2.22. The van der Waals surface area contributed by atoms with Crippen molar-refractivity contribution in [2.24, 2.45) is 0 Å². The normalized spacial score (nSPS) is 10.7. The summed E-state index contributed by atoms with van der Waals surface area (Å²) in [6, 6.07) is 14.2. The van der Waals surface area contributed by atoms with Crippen LogP contribution in [0.3, 0.4) is 0 Å². The van der Waals surface area contributed by atoms with E-state index in [0.29, 0.717) is 0 Å². The van der Waals surface area contributed by atoms with Crippen LogP contribution in [0, 0.1) is 0 Å². The first-order valence-electron chi connectivity index (χ1n) is 6.24. The van der Waals surface area contributed by atoms with Gasteiger partial charge in [0.1, 0.15) is 0 Å². The third-order valence-electron chi connectivity index (χ3n) is 3.15. The van der Waals surface area contributed by atoms with E-state index in [9.17, 15) is 0 Å². The lowest BCUT2D eigenvalue weighted by Gasteiger charge is -2.10. The van der Waals surface area contributed by atoms with Crippen LogP contribution in [-0.2, 0) is 6.54 Å². The van der Waals surface area contributed by atoms with Crippen molar-refractivity contribution in [1.82, 2.24) is 4.98 Å². The summed E-state index contributed by atoms with van der Waals surface area (Å²) >= 11 is 9.50. The number of aromatic nitrogens is 1. The van der Waals surface area contributed by atoms with Crippen molar-refractivity contribution in [3.8, 4) is 0 Å². The maximum Gasteiger partial charge on any atom is 0.0551 e. The maximum atomic E-state index is 6.11. The zero-order valence-corrected chi connectivity index (χ0v) is 12.9. The van der Waals surface area contributed by atoms with E-state index in [4.69, 9.17) is 11.6 Å². The molecule has 0 aliphatic carbocycles. The van der Waals surface area contributed by atoms with Gasteiger partial charge in [0, 0.05) is 34.5 Å². The lowest BCUT2D eigenvalue weighted by Crippen LogP contribution is -2.00. The monoisotopic (exact) mass is 346 g/mol. The van der Waals surface area contributed by atoms with Gasteiger partial charge in [0.2, 0.25) is 0 Å². The number of benzene rings is 2. The van der Waals surface area contributed by atoms with Gasteiger partial charge >= 0.3 is 0 Å². The topological polar surface area (TPSA) is 24.9 Å². The third kappa shape index (κ3) is 2.79. The summed E-state index contributed by atoms with van der Waals surface area (Å²) in [7, 11) is 0. The lowest BCUT2D eigenvalue weighted by molar-refractivity contribution is 1.15. The largest absolute Gasteiger partial charge is 0.380 e. The Hall–Kier alpha value is -1.58. The van der Waals surface area contributed by atoms with Crippen molar-refractivity contribution in [3.05, 3.63) is 69.9 Å². The van der Waals surface area contributed by atoms with Crippen LogP contribution in [0.2, 0.25) is 5.02 Å². The first kappa shape index (κ1) is 13.4. The molecule has 100 valence electrons. The zero-order valence-electron chi connectivity index (χ0n) is 10.6. The number of nitrogens with one attached hydrogen (secondary N) is 1. The lowest BCUT2D eigenvalue weighted by atomic mass is 10.1. The molecule has 0 amide bonds. The van der Waals surface area contributed by atoms with Crippen molar-refractivity contribution in [2.45, 2.75) is 6.54 Å². The van der Waals surface area contributed by atoms with Gasteiger partial charge < -0.3 is 5.32 Å². The van der Waals surface area contributed by atoms with E-state index < -0.39 is 0 Å². The second-order valence-electron chi connectivity index (χ2n) is 4.50. The number of nitrogens with zero attached hydrogens (tertiary/aromatic N) is 1. The smallest absolute Gasteiger partial charge is 0.0551 e. The fraction of sp³-hybridized carbons (Fsp3) is 0.0625. The molecule has 20 heavy (non-hydrogen) atoms. The summed E-state index contributed by atoms with van der Waals surface area (Å²) in [4.78, 5) is 4.19. The molecule has 0 aliphatic rings. The summed E-state index contributed by atoms with van der Waals surface area (Å²) < 4.78 is 0.914. The Bertz CT molecular complexity index is 753. The number of hydrogen-bond acceptors (Lipinski definition) is 2. The Kier molecular flexibility index (Phi) is 3.90. The Morgan fingerprint density at radius 3 is 2.90 bits per heavy atom. The molecule has 0 bridgehead atoms. The van der Waals surface area contributed by atoms with Gasteiger partial charge in [-0.2, -0.15) is 0 Å². The molecular weight excluding hydrogens is 336 g/mol. The number of fused-ring (bicyclic) bond motifs is 1. The highest BCUT2D eigenvalue weighted by atomic mass is 79.9. The first-order chi connectivity index (χ1) is 9.74. The predicted octanol–water partition coefficient (Wildman–Crippen LogP) is 5.26. The van der Waals surface area contributed by atoms with Crippen LogP contribution in [0.25, 0.3) is 10.8 Å². The van der Waals surface area contributed by atoms with Gasteiger partial charge in [0.05, 0.1) is 5.02 Å². The summed E-state index contributed by atoms with van der Waals surface area (Å²) in [6.07, 6.45) is 3.69. The fourth-order valence-electron chi connectivity index (χ4n) is 2.11. The van der Waals surface area contributed by atoms with Crippen molar-refractivity contribution >= 4 is 44.0 Å². The predicted molar refractivity (Wildman–Crippen MR) is 88.2 cm³/mol. The third-order valence-corrected chi connectivity index (χ3v) is 4.38. The molecule has 0 spiro atoms. The molecule has 2 aromatic carbocycles. The van der Waals surface area contributed by atoms with Crippen molar-refractivity contribution in [2.75, 3.05) is 5.32 Å². The molecule has 3 aromatic rings. The Morgan fingerprint density at radius 2 is 2.05 bits per heavy atom. The van der Waals surface area contributed by atoms with Gasteiger partial charge in [-0.05, 0) is 51.1 Å². The average molecular weight is 348 g/mol. The number of hydrogen-bond donors (Lipinski definition) is 1. The molecule has 0 fully saturated rings. The van der Waals surface area contributed by atoms with Gasteiger partial charge in [-0.25, -0.2) is 0 Å². The molecule has 0 atom stereocenters. The van der Waals surface area contributed by atoms with E-state index in [-0.39, 0.29) is 0 Å². The zero-order chi connectivity index (χ0) is 13.9. The van der Waals surface area contributed by atoms with Gasteiger partial charge in [0.25, 0.3) is 0 Å². The Balaban J connectivity index is 1.85. The van der Waals surface area contributed by atoms with Gasteiger partial charge in [-0.3, -0.25) is 4.98 Å². The van der Waals surface area contributed by atoms with E-state index in [0.717, 1.165) is 32.7 Å². The number of halogens is 2. The minimum absolute atomic E-state index is 0.723. The van der Waals surface area contributed by atoms with Crippen LogP contribution < -0.4 is 5.32 Å². The minimum atomic E-state index is 0.723. The Morgan fingerprint density at radius 1 is 1.15 bits per heavy atom. The molecule has 1 aromatic heterocycles. The molecule has 0 aliphatic heterocycles. The van der Waals surface area contributed by atoms with Gasteiger partial charge in [-0.1, -0.05) is 29.8 Å². The summed E-state index contributed by atoms with van der Waals surface area (Å²) in [6.45, 7) is 0.723. The highest BCUT2D eigenvalue weighted by Gasteiger charge is 2.02. The van der Waals surface area contributed by atoms with E-state index in [1.165, 1.54) is 5.39 Å². The summed E-state index contributed by atoms with van der Waals surface area (Å²) in [5, 5.41) is 6.47. The summed E-state index contributed by atoms with van der Waals surface area (Å²) in [5.74, 6) is 0. The van der Waals surface area contributed by atoms with Crippen LogP contribution >= 0.6 is 27.5 Å². The van der Waals surface area contributed by atoms with E-state index >= 15 is 0 Å². The maximum absolute atomic E-state index is 6.11. The molecular formula is C16H12BrClN2. The van der Waals surface area contributed by atoms with Crippen molar-refractivity contribution in [3.63, 3.8) is 0 Å². The van der Waals surface area contributed by atoms with E-state index in [1.54, 1.807) is 6.20 Å². The van der Waals surface area contributed by atoms with Crippen LogP contribution in [0.4, 0.5) is 5.69 Å². The van der Waals surface area contributed by atoms with Crippen LogP contribution in [0.1, 0.15) is 5.56 Å². The van der Waals surface area contributed by atoms with Crippen LogP contribution in [-0.4, -0.2) is 4.98 Å². The molecule has 2 nitrogen and oxygen atoms in total. The highest BCUT2D eigenvalue weighted by Crippen LogP contribution is 2.25. The minimum Gasteiger partial charge on any atom is -0.380 e. The highest BCUT2D eigenvalue weighted by molar-refractivity contribution is 9.10. The first-order valence-corrected chi connectivity index (χ1v) is 7.42. The quantitative estimate of drug-likeness (QED) is 0.699.